The molecule has 0 saturated heterocycles. The third kappa shape index (κ3) is 0.774. The van der Waals surface area contributed by atoms with Crippen LogP contribution in [0, 0.1) is 0 Å². The number of para-hydroxylation sites is 1. The van der Waals surface area contributed by atoms with Gasteiger partial charge in [-0.25, -0.2) is 4.98 Å². The van der Waals surface area contributed by atoms with Gasteiger partial charge in [-0.15, -0.1) is 0 Å². The molecule has 0 unspecified atom stereocenters. The van der Waals surface area contributed by atoms with Gasteiger partial charge >= 0.3 is 0 Å². The summed E-state index contributed by atoms with van der Waals surface area (Å²) < 4.78 is 1.95. The van der Waals surface area contributed by atoms with Gasteiger partial charge in [-0.2, -0.15) is 0 Å². The number of imidazole rings is 1. The van der Waals surface area contributed by atoms with Crippen molar-refractivity contribution in [1.82, 2.24) is 9.55 Å². The molecule has 0 fully saturated rings. The first kappa shape index (κ1) is 6.22. The van der Waals surface area contributed by atoms with E-state index in [1.807, 2.05) is 29.8 Å². The predicted molar refractivity (Wildman–Crippen MR) is 45.1 cm³/mol. The van der Waals surface area contributed by atoms with Gasteiger partial charge in [0.2, 0.25) is 0 Å². The summed E-state index contributed by atoms with van der Waals surface area (Å²) in [6.45, 7) is 0. The molecule has 0 bridgehead atoms. The maximum Gasteiger partial charge on any atom is 0.111 e. The van der Waals surface area contributed by atoms with Gasteiger partial charge in [0.15, 0.2) is 0 Å². The molecule has 56 valence electrons. The number of nitrogens with two attached hydrogens (primary N) is 1. The molecule has 2 N–H and O–H groups in total. The molecule has 1 heterocycles. The molecule has 2 aromatic rings. The van der Waals surface area contributed by atoms with E-state index in [1.54, 1.807) is 6.33 Å². The normalized spacial score (nSPS) is 10.6. The summed E-state index contributed by atoms with van der Waals surface area (Å²) in [5, 5.41) is 0. The van der Waals surface area contributed by atoms with Crippen molar-refractivity contribution in [3.8, 4) is 0 Å². The number of nitrogen functional groups attached to an aromatic ring is 1. The van der Waals surface area contributed by atoms with Crippen molar-refractivity contribution in [3.05, 3.63) is 24.5 Å². The molecule has 3 nitrogen and oxygen atoms in total. The lowest BCUT2D eigenvalue weighted by atomic mass is 10.3. The summed E-state index contributed by atoms with van der Waals surface area (Å²) in [5.41, 5.74) is 8.39. The van der Waals surface area contributed by atoms with E-state index in [1.165, 1.54) is 0 Å². The van der Waals surface area contributed by atoms with Crippen molar-refractivity contribution in [3.63, 3.8) is 0 Å². The van der Waals surface area contributed by atoms with E-state index in [4.69, 9.17) is 5.73 Å². The van der Waals surface area contributed by atoms with Gasteiger partial charge < -0.3 is 10.3 Å². The van der Waals surface area contributed by atoms with Gasteiger partial charge in [0.25, 0.3) is 0 Å². The highest BCUT2D eigenvalue weighted by Gasteiger charge is 2.00. The van der Waals surface area contributed by atoms with Crippen molar-refractivity contribution in [2.45, 2.75) is 0 Å². The van der Waals surface area contributed by atoms with Crippen LogP contribution in [0.5, 0.6) is 0 Å². The molecule has 11 heavy (non-hydrogen) atoms. The van der Waals surface area contributed by atoms with Crippen LogP contribution < -0.4 is 5.73 Å². The first-order valence-electron chi connectivity index (χ1n) is 3.44. The Morgan fingerprint density at radius 1 is 1.45 bits per heavy atom. The SMILES string of the molecule is Cn1cnc2c(N)cccc21. The zero-order valence-corrected chi connectivity index (χ0v) is 6.28. The average Bonchev–Trinajstić information content (AvgIpc) is 2.35. The van der Waals surface area contributed by atoms with E-state index >= 15 is 0 Å². The Morgan fingerprint density at radius 3 is 3.00 bits per heavy atom. The molecule has 2 rings (SSSR count). The summed E-state index contributed by atoms with van der Waals surface area (Å²) in [4.78, 5) is 4.16. The minimum absolute atomic E-state index is 0.739. The maximum atomic E-state index is 5.69. The molecule has 0 aliphatic heterocycles. The Hall–Kier alpha value is -1.51. The van der Waals surface area contributed by atoms with Crippen LogP contribution >= 0.6 is 0 Å². The molecule has 0 spiro atoms. The molecular formula is C8H9N3. The lowest BCUT2D eigenvalue weighted by Crippen LogP contribution is -1.87. The van der Waals surface area contributed by atoms with Crippen LogP contribution in [0.25, 0.3) is 11.0 Å². The second-order valence-electron chi connectivity index (χ2n) is 2.57. The quantitative estimate of drug-likeness (QED) is 0.568. The number of aryl methyl sites for hydroxylation is 1. The van der Waals surface area contributed by atoms with Crippen LogP contribution in [-0.4, -0.2) is 9.55 Å². The number of fused-ring (bicyclic) bond motifs is 1. The fourth-order valence-electron chi connectivity index (χ4n) is 1.18. The molecule has 3 heteroatoms. The minimum Gasteiger partial charge on any atom is -0.397 e. The zero-order chi connectivity index (χ0) is 7.84. The lowest BCUT2D eigenvalue weighted by Gasteiger charge is -1.94. The van der Waals surface area contributed by atoms with Crippen LogP contribution in [0.2, 0.25) is 0 Å². The lowest BCUT2D eigenvalue weighted by molar-refractivity contribution is 0.948. The second kappa shape index (κ2) is 1.99. The van der Waals surface area contributed by atoms with Gasteiger partial charge in [0.1, 0.15) is 5.52 Å². The molecule has 0 amide bonds. The standard InChI is InChI=1S/C8H9N3/c1-11-5-10-8-6(9)3-2-4-7(8)11/h2-5H,9H2,1H3. The van der Waals surface area contributed by atoms with Crippen molar-refractivity contribution in [2.75, 3.05) is 5.73 Å². The molecule has 0 aliphatic rings. The Morgan fingerprint density at radius 2 is 2.27 bits per heavy atom. The number of anilines is 1. The number of nitrogens with zero attached hydrogens (tertiary/aromatic N) is 2. The molecule has 0 saturated carbocycles. The highest BCUT2D eigenvalue weighted by atomic mass is 15.0. The summed E-state index contributed by atoms with van der Waals surface area (Å²) in [6, 6.07) is 5.79. The minimum atomic E-state index is 0.739. The van der Waals surface area contributed by atoms with Gasteiger partial charge in [0.05, 0.1) is 17.5 Å². The topological polar surface area (TPSA) is 43.8 Å². The van der Waals surface area contributed by atoms with Crippen LogP contribution in [0.3, 0.4) is 0 Å². The van der Waals surface area contributed by atoms with Crippen LogP contribution in [0.1, 0.15) is 0 Å². The van der Waals surface area contributed by atoms with E-state index in [-0.39, 0.29) is 0 Å². The number of aromatic nitrogens is 2. The molecular weight excluding hydrogens is 138 g/mol. The monoisotopic (exact) mass is 147 g/mol. The summed E-state index contributed by atoms with van der Waals surface area (Å²) in [6.07, 6.45) is 1.76. The van der Waals surface area contributed by atoms with E-state index in [9.17, 15) is 0 Å². The fraction of sp³-hybridized carbons (Fsp3) is 0.125. The smallest absolute Gasteiger partial charge is 0.111 e. The Bertz CT molecular complexity index is 389. The fourth-order valence-corrected chi connectivity index (χ4v) is 1.18. The third-order valence-electron chi connectivity index (χ3n) is 1.79. The van der Waals surface area contributed by atoms with Crippen molar-refractivity contribution in [1.29, 1.82) is 0 Å². The first-order valence-corrected chi connectivity index (χ1v) is 3.44. The van der Waals surface area contributed by atoms with Gasteiger partial charge in [0, 0.05) is 7.05 Å². The number of rotatable bonds is 0. The van der Waals surface area contributed by atoms with Crippen LogP contribution in [0.4, 0.5) is 5.69 Å². The van der Waals surface area contributed by atoms with E-state index in [2.05, 4.69) is 4.98 Å². The highest BCUT2D eigenvalue weighted by Crippen LogP contribution is 2.17. The number of benzene rings is 1. The number of hydrogen-bond acceptors (Lipinski definition) is 2. The van der Waals surface area contributed by atoms with E-state index in [0.717, 1.165) is 16.7 Å². The third-order valence-corrected chi connectivity index (χ3v) is 1.79. The Balaban J connectivity index is 2.94. The summed E-state index contributed by atoms with van der Waals surface area (Å²) >= 11 is 0. The summed E-state index contributed by atoms with van der Waals surface area (Å²) in [5.74, 6) is 0. The maximum absolute atomic E-state index is 5.69. The van der Waals surface area contributed by atoms with E-state index < -0.39 is 0 Å². The second-order valence-corrected chi connectivity index (χ2v) is 2.57. The largest absolute Gasteiger partial charge is 0.397 e. The Labute approximate surface area is 64.5 Å². The van der Waals surface area contributed by atoms with Gasteiger partial charge in [-0.1, -0.05) is 6.07 Å². The summed E-state index contributed by atoms with van der Waals surface area (Å²) in [7, 11) is 1.95. The van der Waals surface area contributed by atoms with Gasteiger partial charge in [-0.3, -0.25) is 0 Å². The molecule has 1 aromatic carbocycles. The first-order chi connectivity index (χ1) is 5.29. The number of hydrogen-bond donors (Lipinski definition) is 1. The highest BCUT2D eigenvalue weighted by molar-refractivity contribution is 5.86. The molecule has 0 atom stereocenters. The molecule has 1 aromatic heterocycles. The molecule has 0 radical (unpaired) electrons. The van der Waals surface area contributed by atoms with Crippen molar-refractivity contribution in [2.24, 2.45) is 7.05 Å². The van der Waals surface area contributed by atoms with E-state index in [0.29, 0.717) is 0 Å². The Kier molecular flexibility index (Phi) is 1.12. The predicted octanol–water partition coefficient (Wildman–Crippen LogP) is 1.16. The van der Waals surface area contributed by atoms with Crippen LogP contribution in [0.15, 0.2) is 24.5 Å². The van der Waals surface area contributed by atoms with Crippen molar-refractivity contribution >= 4 is 16.7 Å². The average molecular weight is 147 g/mol. The zero-order valence-electron chi connectivity index (χ0n) is 6.28. The van der Waals surface area contributed by atoms with Crippen molar-refractivity contribution < 1.29 is 0 Å². The van der Waals surface area contributed by atoms with Crippen LogP contribution in [-0.2, 0) is 7.05 Å². The molecule has 0 aliphatic carbocycles. The van der Waals surface area contributed by atoms with Gasteiger partial charge in [-0.05, 0) is 12.1 Å².